The summed E-state index contributed by atoms with van der Waals surface area (Å²) in [5.74, 6) is 0.774. The number of aryl methyl sites for hydroxylation is 1. The normalized spacial score (nSPS) is 10.3. The van der Waals surface area contributed by atoms with Crippen molar-refractivity contribution in [3.8, 4) is 11.5 Å². The molecular formula is C14H13BrN2O3. The van der Waals surface area contributed by atoms with Crippen LogP contribution in [0.3, 0.4) is 0 Å². The zero-order valence-electron chi connectivity index (χ0n) is 10.8. The molecule has 0 aliphatic heterocycles. The van der Waals surface area contributed by atoms with Crippen LogP contribution in [0.5, 0.6) is 11.5 Å². The second kappa shape index (κ2) is 6.02. The number of rotatable bonds is 4. The van der Waals surface area contributed by atoms with Gasteiger partial charge in [0, 0.05) is 17.1 Å². The summed E-state index contributed by atoms with van der Waals surface area (Å²) in [6, 6.07) is 10.1. The Balaban J connectivity index is 2.39. The summed E-state index contributed by atoms with van der Waals surface area (Å²) >= 11 is 3.39. The standard InChI is InChI=1S/C14H13BrN2O3/c1-9-3-2-4-13(17(18)19)14(9)20-11-6-5-10(8-16)12(15)7-11/h2-7H,8,16H2,1H3. The van der Waals surface area contributed by atoms with E-state index >= 15 is 0 Å². The molecule has 2 aromatic rings. The maximum atomic E-state index is 11.0. The highest BCUT2D eigenvalue weighted by Crippen LogP contribution is 2.35. The van der Waals surface area contributed by atoms with E-state index in [0.29, 0.717) is 17.9 Å². The molecule has 2 rings (SSSR count). The molecule has 104 valence electrons. The highest BCUT2D eigenvalue weighted by Gasteiger charge is 2.18. The van der Waals surface area contributed by atoms with Crippen molar-refractivity contribution in [1.82, 2.24) is 0 Å². The summed E-state index contributed by atoms with van der Waals surface area (Å²) in [5.41, 5.74) is 7.18. The first kappa shape index (κ1) is 14.5. The second-order valence-corrected chi connectivity index (χ2v) is 5.09. The van der Waals surface area contributed by atoms with Gasteiger partial charge in [0.05, 0.1) is 4.92 Å². The Kier molecular flexibility index (Phi) is 4.36. The van der Waals surface area contributed by atoms with E-state index in [0.717, 1.165) is 10.0 Å². The fraction of sp³-hybridized carbons (Fsp3) is 0.143. The van der Waals surface area contributed by atoms with Crippen LogP contribution in [0.25, 0.3) is 0 Å². The van der Waals surface area contributed by atoms with Crippen LogP contribution in [0.1, 0.15) is 11.1 Å². The third kappa shape index (κ3) is 2.97. The van der Waals surface area contributed by atoms with Crippen molar-refractivity contribution >= 4 is 21.6 Å². The predicted molar refractivity (Wildman–Crippen MR) is 79.9 cm³/mol. The Morgan fingerprint density at radius 3 is 2.70 bits per heavy atom. The van der Waals surface area contributed by atoms with Crippen molar-refractivity contribution in [2.75, 3.05) is 0 Å². The molecule has 0 aliphatic rings. The summed E-state index contributed by atoms with van der Waals surface area (Å²) in [5, 5.41) is 11.0. The van der Waals surface area contributed by atoms with Gasteiger partial charge in [-0.3, -0.25) is 10.1 Å². The van der Waals surface area contributed by atoms with Crippen molar-refractivity contribution in [3.63, 3.8) is 0 Å². The molecular weight excluding hydrogens is 324 g/mol. The number of nitrogens with two attached hydrogens (primary N) is 1. The zero-order chi connectivity index (χ0) is 14.7. The smallest absolute Gasteiger partial charge is 0.311 e. The quantitative estimate of drug-likeness (QED) is 0.677. The van der Waals surface area contributed by atoms with E-state index in [4.69, 9.17) is 10.5 Å². The van der Waals surface area contributed by atoms with Gasteiger partial charge in [-0.05, 0) is 30.2 Å². The molecule has 0 amide bonds. The molecule has 0 unspecified atom stereocenters. The lowest BCUT2D eigenvalue weighted by atomic mass is 10.2. The van der Waals surface area contributed by atoms with Crippen molar-refractivity contribution < 1.29 is 9.66 Å². The molecule has 0 aromatic heterocycles. The highest BCUT2D eigenvalue weighted by atomic mass is 79.9. The Bertz CT molecular complexity index is 659. The number of halogens is 1. The summed E-state index contributed by atoms with van der Waals surface area (Å²) in [4.78, 5) is 10.6. The number of nitrogens with zero attached hydrogens (tertiary/aromatic N) is 1. The Hall–Kier alpha value is -1.92. The summed E-state index contributed by atoms with van der Waals surface area (Å²) in [6.45, 7) is 2.18. The van der Waals surface area contributed by atoms with E-state index in [-0.39, 0.29) is 11.4 Å². The van der Waals surface area contributed by atoms with Gasteiger partial charge in [0.15, 0.2) is 0 Å². The molecule has 0 spiro atoms. The van der Waals surface area contributed by atoms with Gasteiger partial charge >= 0.3 is 5.69 Å². The van der Waals surface area contributed by atoms with Crippen molar-refractivity contribution in [3.05, 3.63) is 62.1 Å². The molecule has 0 fully saturated rings. The maximum absolute atomic E-state index is 11.0. The lowest BCUT2D eigenvalue weighted by molar-refractivity contribution is -0.385. The zero-order valence-corrected chi connectivity index (χ0v) is 12.4. The van der Waals surface area contributed by atoms with Crippen LogP contribution >= 0.6 is 15.9 Å². The minimum atomic E-state index is -0.453. The molecule has 20 heavy (non-hydrogen) atoms. The predicted octanol–water partition coefficient (Wildman–Crippen LogP) is 3.92. The number of hydrogen-bond acceptors (Lipinski definition) is 4. The summed E-state index contributed by atoms with van der Waals surface area (Å²) < 4.78 is 6.48. The van der Waals surface area contributed by atoms with Crippen molar-refractivity contribution in [1.29, 1.82) is 0 Å². The van der Waals surface area contributed by atoms with Gasteiger partial charge in [-0.25, -0.2) is 0 Å². The molecule has 0 bridgehead atoms. The van der Waals surface area contributed by atoms with E-state index in [9.17, 15) is 10.1 Å². The van der Waals surface area contributed by atoms with E-state index in [1.165, 1.54) is 6.07 Å². The summed E-state index contributed by atoms with van der Waals surface area (Å²) in [7, 11) is 0. The van der Waals surface area contributed by atoms with Gasteiger partial charge in [0.2, 0.25) is 5.75 Å². The number of ether oxygens (including phenoxy) is 1. The molecule has 0 atom stereocenters. The molecule has 0 heterocycles. The van der Waals surface area contributed by atoms with Crippen LogP contribution in [0.15, 0.2) is 40.9 Å². The number of para-hydroxylation sites is 1. The first-order valence-electron chi connectivity index (χ1n) is 5.93. The first-order valence-corrected chi connectivity index (χ1v) is 6.72. The molecule has 2 aromatic carbocycles. The average molecular weight is 337 g/mol. The number of benzene rings is 2. The Morgan fingerprint density at radius 1 is 1.35 bits per heavy atom. The van der Waals surface area contributed by atoms with Crippen LogP contribution in [0, 0.1) is 17.0 Å². The van der Waals surface area contributed by atoms with Gasteiger partial charge < -0.3 is 10.5 Å². The topological polar surface area (TPSA) is 78.4 Å². The van der Waals surface area contributed by atoms with Gasteiger partial charge in [0.25, 0.3) is 0 Å². The third-order valence-corrected chi connectivity index (χ3v) is 3.59. The van der Waals surface area contributed by atoms with Crippen LogP contribution in [-0.4, -0.2) is 4.92 Å². The largest absolute Gasteiger partial charge is 0.450 e. The average Bonchev–Trinajstić information content (AvgIpc) is 2.41. The van der Waals surface area contributed by atoms with E-state index in [1.54, 1.807) is 31.2 Å². The van der Waals surface area contributed by atoms with E-state index < -0.39 is 4.92 Å². The molecule has 2 N–H and O–H groups in total. The first-order chi connectivity index (χ1) is 9.52. The fourth-order valence-corrected chi connectivity index (χ4v) is 2.31. The van der Waals surface area contributed by atoms with Crippen LogP contribution in [-0.2, 0) is 6.54 Å². The van der Waals surface area contributed by atoms with Gasteiger partial charge in [-0.2, -0.15) is 0 Å². The maximum Gasteiger partial charge on any atom is 0.311 e. The molecule has 0 radical (unpaired) electrons. The van der Waals surface area contributed by atoms with Crippen LogP contribution < -0.4 is 10.5 Å². The van der Waals surface area contributed by atoms with Crippen molar-refractivity contribution in [2.24, 2.45) is 5.73 Å². The number of nitro benzene ring substituents is 1. The number of hydrogen-bond donors (Lipinski definition) is 1. The van der Waals surface area contributed by atoms with E-state index in [2.05, 4.69) is 15.9 Å². The van der Waals surface area contributed by atoms with Crippen molar-refractivity contribution in [2.45, 2.75) is 13.5 Å². The lowest BCUT2D eigenvalue weighted by Crippen LogP contribution is -1.98. The molecule has 6 heteroatoms. The summed E-state index contributed by atoms with van der Waals surface area (Å²) in [6.07, 6.45) is 0. The number of nitro groups is 1. The molecule has 5 nitrogen and oxygen atoms in total. The fourth-order valence-electron chi connectivity index (χ4n) is 1.79. The molecule has 0 aliphatic carbocycles. The van der Waals surface area contributed by atoms with Crippen LogP contribution in [0.2, 0.25) is 0 Å². The van der Waals surface area contributed by atoms with Crippen LogP contribution in [0.4, 0.5) is 5.69 Å². The SMILES string of the molecule is Cc1cccc([N+](=O)[O-])c1Oc1ccc(CN)c(Br)c1. The van der Waals surface area contributed by atoms with Gasteiger partial charge in [0.1, 0.15) is 5.75 Å². The molecule has 0 saturated carbocycles. The third-order valence-electron chi connectivity index (χ3n) is 2.85. The van der Waals surface area contributed by atoms with Gasteiger partial charge in [-0.15, -0.1) is 0 Å². The lowest BCUT2D eigenvalue weighted by Gasteiger charge is -2.10. The molecule has 0 saturated heterocycles. The Labute approximate surface area is 124 Å². The second-order valence-electron chi connectivity index (χ2n) is 4.24. The minimum absolute atomic E-state index is 0.0518. The van der Waals surface area contributed by atoms with Gasteiger partial charge in [-0.1, -0.05) is 34.1 Å². The monoisotopic (exact) mass is 336 g/mol. The minimum Gasteiger partial charge on any atom is -0.450 e. The van der Waals surface area contributed by atoms with E-state index in [1.807, 2.05) is 6.07 Å². The Morgan fingerprint density at radius 2 is 2.10 bits per heavy atom. The highest BCUT2D eigenvalue weighted by molar-refractivity contribution is 9.10.